The molecular formula is C17H25BN2O3. The van der Waals surface area contributed by atoms with E-state index >= 15 is 0 Å². The van der Waals surface area contributed by atoms with Crippen molar-refractivity contribution in [1.82, 2.24) is 0 Å². The predicted octanol–water partition coefficient (Wildman–Crippen LogP) is 1.44. The van der Waals surface area contributed by atoms with Gasteiger partial charge in [0.05, 0.1) is 11.2 Å². The maximum Gasteiger partial charge on any atom is 0.494 e. The minimum Gasteiger partial charge on any atom is -0.399 e. The van der Waals surface area contributed by atoms with Gasteiger partial charge in [0.2, 0.25) is 5.91 Å². The smallest absolute Gasteiger partial charge is 0.399 e. The maximum absolute atomic E-state index is 12.1. The van der Waals surface area contributed by atoms with Gasteiger partial charge < -0.3 is 19.9 Å². The first kappa shape index (κ1) is 16.5. The van der Waals surface area contributed by atoms with Gasteiger partial charge in [0.15, 0.2) is 0 Å². The Morgan fingerprint density at radius 2 is 1.57 bits per heavy atom. The van der Waals surface area contributed by atoms with E-state index in [0.717, 1.165) is 11.2 Å². The molecule has 0 radical (unpaired) electrons. The zero-order valence-electron chi connectivity index (χ0n) is 14.6. The monoisotopic (exact) mass is 316 g/mol. The minimum absolute atomic E-state index is 0.0679. The fourth-order valence-corrected chi connectivity index (χ4v) is 2.97. The van der Waals surface area contributed by atoms with Crippen LogP contribution >= 0.6 is 0 Å². The van der Waals surface area contributed by atoms with E-state index in [1.807, 2.05) is 58.9 Å². The summed E-state index contributed by atoms with van der Waals surface area (Å²) in [5.74, 6) is 0.0679. The summed E-state index contributed by atoms with van der Waals surface area (Å²) in [6, 6.07) is 7.77. The van der Waals surface area contributed by atoms with Crippen molar-refractivity contribution in [2.24, 2.45) is 5.73 Å². The molecule has 1 unspecified atom stereocenters. The van der Waals surface area contributed by atoms with Crippen molar-refractivity contribution >= 4 is 24.2 Å². The largest absolute Gasteiger partial charge is 0.494 e. The SMILES string of the molecule is CC1(N)CC(=O)N(c2ccc(B3OC(C)(C)C(C)(C)O3)cc2)C1. The van der Waals surface area contributed by atoms with E-state index in [0.29, 0.717) is 13.0 Å². The predicted molar refractivity (Wildman–Crippen MR) is 91.7 cm³/mol. The molecular weight excluding hydrogens is 291 g/mol. The minimum atomic E-state index is -0.457. The average molecular weight is 316 g/mol. The van der Waals surface area contributed by atoms with Gasteiger partial charge in [-0.3, -0.25) is 4.79 Å². The van der Waals surface area contributed by atoms with Crippen LogP contribution in [0.15, 0.2) is 24.3 Å². The third-order valence-corrected chi connectivity index (χ3v) is 5.11. The van der Waals surface area contributed by atoms with Crippen molar-refractivity contribution in [2.45, 2.75) is 57.8 Å². The van der Waals surface area contributed by atoms with Crippen molar-refractivity contribution in [3.8, 4) is 0 Å². The molecule has 0 saturated carbocycles. The summed E-state index contributed by atoms with van der Waals surface area (Å²) in [4.78, 5) is 13.8. The second-order valence-corrected chi connectivity index (χ2v) is 7.99. The third-order valence-electron chi connectivity index (χ3n) is 5.11. The molecule has 1 atom stereocenters. The second kappa shape index (κ2) is 5.06. The normalized spacial score (nSPS) is 29.4. The molecule has 2 saturated heterocycles. The molecule has 2 aliphatic heterocycles. The summed E-state index contributed by atoms with van der Waals surface area (Å²) in [7, 11) is -0.386. The fourth-order valence-electron chi connectivity index (χ4n) is 2.97. The van der Waals surface area contributed by atoms with Gasteiger partial charge in [-0.1, -0.05) is 12.1 Å². The van der Waals surface area contributed by atoms with Crippen LogP contribution in [-0.2, 0) is 14.1 Å². The average Bonchev–Trinajstić information content (AvgIpc) is 2.82. The Kier molecular flexibility index (Phi) is 3.63. The summed E-state index contributed by atoms with van der Waals surface area (Å²) in [5, 5.41) is 0. The van der Waals surface area contributed by atoms with E-state index in [1.54, 1.807) is 4.90 Å². The van der Waals surface area contributed by atoms with Gasteiger partial charge in [-0.05, 0) is 52.2 Å². The molecule has 2 fully saturated rings. The number of carbonyl (C=O) groups is 1. The number of hydrogen-bond acceptors (Lipinski definition) is 4. The quantitative estimate of drug-likeness (QED) is 0.839. The molecule has 124 valence electrons. The second-order valence-electron chi connectivity index (χ2n) is 7.99. The van der Waals surface area contributed by atoms with E-state index in [1.165, 1.54) is 0 Å². The first-order valence-corrected chi connectivity index (χ1v) is 8.06. The van der Waals surface area contributed by atoms with Crippen LogP contribution in [0.5, 0.6) is 0 Å². The van der Waals surface area contributed by atoms with Crippen LogP contribution in [0, 0.1) is 0 Å². The number of rotatable bonds is 2. The van der Waals surface area contributed by atoms with Crippen LogP contribution in [0.3, 0.4) is 0 Å². The lowest BCUT2D eigenvalue weighted by atomic mass is 9.79. The van der Waals surface area contributed by atoms with Gasteiger partial charge in [0.25, 0.3) is 0 Å². The molecule has 2 heterocycles. The van der Waals surface area contributed by atoms with Crippen molar-refractivity contribution in [1.29, 1.82) is 0 Å². The molecule has 0 bridgehead atoms. The highest BCUT2D eigenvalue weighted by atomic mass is 16.7. The Hall–Kier alpha value is -1.37. The molecule has 0 aromatic heterocycles. The number of benzene rings is 1. The fraction of sp³-hybridized carbons (Fsp3) is 0.588. The zero-order valence-corrected chi connectivity index (χ0v) is 14.6. The molecule has 1 amide bonds. The van der Waals surface area contributed by atoms with Crippen LogP contribution in [-0.4, -0.2) is 36.3 Å². The van der Waals surface area contributed by atoms with Crippen molar-refractivity contribution in [3.05, 3.63) is 24.3 Å². The Morgan fingerprint density at radius 3 is 2.00 bits per heavy atom. The van der Waals surface area contributed by atoms with Gasteiger partial charge in [-0.25, -0.2) is 0 Å². The Morgan fingerprint density at radius 1 is 1.04 bits per heavy atom. The highest BCUT2D eigenvalue weighted by molar-refractivity contribution is 6.62. The lowest BCUT2D eigenvalue weighted by Crippen LogP contribution is -2.41. The molecule has 6 heteroatoms. The van der Waals surface area contributed by atoms with E-state index in [2.05, 4.69) is 0 Å². The van der Waals surface area contributed by atoms with Crippen molar-refractivity contribution in [3.63, 3.8) is 0 Å². The van der Waals surface area contributed by atoms with Gasteiger partial charge in [0, 0.05) is 24.2 Å². The van der Waals surface area contributed by atoms with Crippen molar-refractivity contribution in [2.75, 3.05) is 11.4 Å². The highest BCUT2D eigenvalue weighted by Crippen LogP contribution is 2.36. The van der Waals surface area contributed by atoms with E-state index in [4.69, 9.17) is 15.0 Å². The Labute approximate surface area is 138 Å². The Bertz CT molecular complexity index is 609. The zero-order chi connectivity index (χ0) is 17.0. The summed E-state index contributed by atoms with van der Waals surface area (Å²) < 4.78 is 12.1. The van der Waals surface area contributed by atoms with Gasteiger partial charge in [0.1, 0.15) is 0 Å². The van der Waals surface area contributed by atoms with Crippen molar-refractivity contribution < 1.29 is 14.1 Å². The summed E-state index contributed by atoms with van der Waals surface area (Å²) in [5.41, 5.74) is 6.73. The van der Waals surface area contributed by atoms with E-state index < -0.39 is 5.54 Å². The third kappa shape index (κ3) is 2.91. The summed E-state index contributed by atoms with van der Waals surface area (Å²) >= 11 is 0. The molecule has 23 heavy (non-hydrogen) atoms. The number of hydrogen-bond donors (Lipinski definition) is 1. The lowest BCUT2D eigenvalue weighted by molar-refractivity contribution is -0.117. The molecule has 2 aliphatic rings. The first-order valence-electron chi connectivity index (χ1n) is 8.06. The number of amides is 1. The van der Waals surface area contributed by atoms with E-state index in [-0.39, 0.29) is 24.2 Å². The molecule has 0 aliphatic carbocycles. The number of nitrogens with zero attached hydrogens (tertiary/aromatic N) is 1. The molecule has 1 aromatic rings. The highest BCUT2D eigenvalue weighted by Gasteiger charge is 2.51. The van der Waals surface area contributed by atoms with E-state index in [9.17, 15) is 4.79 Å². The summed E-state index contributed by atoms with van der Waals surface area (Å²) in [6.45, 7) is 10.6. The van der Waals surface area contributed by atoms with Crippen LogP contribution in [0.25, 0.3) is 0 Å². The standard InChI is InChI=1S/C17H25BN2O3/c1-15(2)16(3,4)23-18(22-15)12-6-8-13(9-7-12)20-11-17(5,19)10-14(20)21/h6-9H,10-11,19H2,1-5H3. The molecule has 0 spiro atoms. The van der Waals surface area contributed by atoms with Gasteiger partial charge >= 0.3 is 7.12 Å². The molecule has 1 aromatic carbocycles. The van der Waals surface area contributed by atoms with Crippen LogP contribution in [0.4, 0.5) is 5.69 Å². The van der Waals surface area contributed by atoms with Crippen LogP contribution in [0.1, 0.15) is 41.0 Å². The summed E-state index contributed by atoms with van der Waals surface area (Å²) in [6.07, 6.45) is 0.381. The molecule has 2 N–H and O–H groups in total. The van der Waals surface area contributed by atoms with Gasteiger partial charge in [-0.2, -0.15) is 0 Å². The lowest BCUT2D eigenvalue weighted by Gasteiger charge is -2.32. The molecule has 3 rings (SSSR count). The Balaban J connectivity index is 1.78. The van der Waals surface area contributed by atoms with Gasteiger partial charge in [-0.15, -0.1) is 0 Å². The topological polar surface area (TPSA) is 64.8 Å². The van der Waals surface area contributed by atoms with Crippen LogP contribution < -0.4 is 16.1 Å². The maximum atomic E-state index is 12.1. The number of carbonyl (C=O) groups excluding carboxylic acids is 1. The van der Waals surface area contributed by atoms with Crippen LogP contribution in [0.2, 0.25) is 0 Å². The number of anilines is 1. The number of nitrogens with two attached hydrogens (primary N) is 1. The first-order chi connectivity index (χ1) is 10.5. The molecule has 5 nitrogen and oxygen atoms in total.